The van der Waals surface area contributed by atoms with Gasteiger partial charge in [0.25, 0.3) is 11.1 Å². The summed E-state index contributed by atoms with van der Waals surface area (Å²) in [5.41, 5.74) is 0.425. The van der Waals surface area contributed by atoms with Crippen molar-refractivity contribution in [2.24, 2.45) is 5.10 Å². The summed E-state index contributed by atoms with van der Waals surface area (Å²) < 4.78 is 33.0. The molecule has 1 atom stereocenters. The fourth-order valence-corrected chi connectivity index (χ4v) is 4.23. The SMILES string of the molecule is CNC(=O)c1nc(OC2CN(C(=O)N3N=CCC3c3cc(F)cc(F)c3)C2)sc1Cl. The monoisotopic (exact) mass is 455 g/mol. The first-order valence-electron chi connectivity index (χ1n) is 8.97. The van der Waals surface area contributed by atoms with Crippen molar-refractivity contribution in [2.75, 3.05) is 20.1 Å². The van der Waals surface area contributed by atoms with E-state index in [0.717, 1.165) is 17.4 Å². The van der Waals surface area contributed by atoms with E-state index in [-0.39, 0.29) is 40.4 Å². The zero-order valence-electron chi connectivity index (χ0n) is 15.6. The van der Waals surface area contributed by atoms with Crippen LogP contribution in [0.4, 0.5) is 13.6 Å². The molecule has 2 aromatic rings. The molecule has 3 amide bonds. The van der Waals surface area contributed by atoms with Crippen LogP contribution in [-0.4, -0.2) is 59.3 Å². The number of carbonyl (C=O) groups excluding carboxylic acids is 2. The molecule has 4 rings (SSSR count). The molecule has 0 bridgehead atoms. The van der Waals surface area contributed by atoms with Gasteiger partial charge in [0, 0.05) is 25.7 Å². The van der Waals surface area contributed by atoms with Gasteiger partial charge in [-0.2, -0.15) is 10.1 Å². The van der Waals surface area contributed by atoms with Crippen LogP contribution in [0.25, 0.3) is 0 Å². The average molecular weight is 456 g/mol. The predicted octanol–water partition coefficient (Wildman–Crippen LogP) is 3.05. The maximum absolute atomic E-state index is 13.6. The summed E-state index contributed by atoms with van der Waals surface area (Å²) in [6.07, 6.45) is 1.59. The Morgan fingerprint density at radius 1 is 1.27 bits per heavy atom. The van der Waals surface area contributed by atoms with E-state index in [0.29, 0.717) is 12.0 Å². The number of benzene rings is 1. The summed E-state index contributed by atoms with van der Waals surface area (Å²) >= 11 is 7.03. The topological polar surface area (TPSA) is 87.1 Å². The van der Waals surface area contributed by atoms with E-state index in [4.69, 9.17) is 16.3 Å². The van der Waals surface area contributed by atoms with Gasteiger partial charge in [-0.1, -0.05) is 22.9 Å². The molecule has 3 heterocycles. The smallest absolute Gasteiger partial charge is 0.341 e. The summed E-state index contributed by atoms with van der Waals surface area (Å²) in [5.74, 6) is -1.83. The molecule has 0 saturated carbocycles. The lowest BCUT2D eigenvalue weighted by Crippen LogP contribution is -2.58. The van der Waals surface area contributed by atoms with Crippen molar-refractivity contribution in [2.45, 2.75) is 18.6 Å². The molecular weight excluding hydrogens is 440 g/mol. The Morgan fingerprint density at radius 2 is 1.97 bits per heavy atom. The Bertz CT molecular complexity index is 1010. The van der Waals surface area contributed by atoms with Crippen LogP contribution in [0.1, 0.15) is 28.5 Å². The number of hydrogen-bond acceptors (Lipinski definition) is 6. The number of ether oxygens (including phenoxy) is 1. The van der Waals surface area contributed by atoms with Crippen LogP contribution in [0.5, 0.6) is 5.19 Å². The highest BCUT2D eigenvalue weighted by atomic mass is 35.5. The summed E-state index contributed by atoms with van der Waals surface area (Å²) in [7, 11) is 1.47. The van der Waals surface area contributed by atoms with Crippen molar-refractivity contribution in [3.63, 3.8) is 0 Å². The fourth-order valence-electron chi connectivity index (χ4n) is 3.19. The number of nitrogens with one attached hydrogen (secondary N) is 1. The molecule has 1 aromatic carbocycles. The van der Waals surface area contributed by atoms with E-state index in [1.165, 1.54) is 35.3 Å². The van der Waals surface area contributed by atoms with Crippen LogP contribution in [0, 0.1) is 11.6 Å². The Hall–Kier alpha value is -2.79. The molecule has 1 unspecified atom stereocenters. The van der Waals surface area contributed by atoms with Gasteiger partial charge in [0.2, 0.25) is 0 Å². The van der Waals surface area contributed by atoms with Gasteiger partial charge in [-0.15, -0.1) is 0 Å². The van der Waals surface area contributed by atoms with Gasteiger partial charge in [-0.25, -0.2) is 18.6 Å². The zero-order chi connectivity index (χ0) is 21.4. The molecule has 0 spiro atoms. The quantitative estimate of drug-likeness (QED) is 0.767. The first-order valence-corrected chi connectivity index (χ1v) is 10.2. The highest BCUT2D eigenvalue weighted by molar-refractivity contribution is 7.17. The highest BCUT2D eigenvalue weighted by Gasteiger charge is 2.39. The maximum Gasteiger partial charge on any atom is 0.341 e. The van der Waals surface area contributed by atoms with Gasteiger partial charge in [-0.05, 0) is 17.7 Å². The molecule has 158 valence electrons. The van der Waals surface area contributed by atoms with E-state index in [9.17, 15) is 18.4 Å². The maximum atomic E-state index is 13.6. The van der Waals surface area contributed by atoms with E-state index < -0.39 is 23.6 Å². The van der Waals surface area contributed by atoms with Crippen LogP contribution in [-0.2, 0) is 0 Å². The molecular formula is C18H16ClF2N5O3S. The number of hydrogen-bond donors (Lipinski definition) is 1. The van der Waals surface area contributed by atoms with E-state index in [2.05, 4.69) is 15.4 Å². The number of halogens is 3. The van der Waals surface area contributed by atoms with Gasteiger partial charge in [0.05, 0.1) is 19.1 Å². The fraction of sp³-hybridized carbons (Fsp3) is 0.333. The molecule has 2 aliphatic heterocycles. The number of aromatic nitrogens is 1. The third-order valence-electron chi connectivity index (χ3n) is 4.69. The predicted molar refractivity (Wildman–Crippen MR) is 106 cm³/mol. The molecule has 0 radical (unpaired) electrons. The van der Waals surface area contributed by atoms with Crippen molar-refractivity contribution in [3.05, 3.63) is 45.4 Å². The average Bonchev–Trinajstić information content (AvgIpc) is 3.29. The summed E-state index contributed by atoms with van der Waals surface area (Å²) in [6, 6.07) is 2.21. The second-order valence-electron chi connectivity index (χ2n) is 6.71. The minimum atomic E-state index is -0.708. The van der Waals surface area contributed by atoms with Gasteiger partial charge < -0.3 is 15.0 Å². The number of hydrazone groups is 1. The highest BCUT2D eigenvalue weighted by Crippen LogP contribution is 2.33. The second kappa shape index (κ2) is 8.15. The van der Waals surface area contributed by atoms with Crippen molar-refractivity contribution < 1.29 is 23.1 Å². The van der Waals surface area contributed by atoms with Crippen LogP contribution < -0.4 is 10.1 Å². The molecule has 8 nitrogen and oxygen atoms in total. The zero-order valence-corrected chi connectivity index (χ0v) is 17.2. The normalized spacial score (nSPS) is 18.5. The number of thiazole rings is 1. The van der Waals surface area contributed by atoms with Crippen LogP contribution >= 0.6 is 22.9 Å². The third kappa shape index (κ3) is 3.94. The summed E-state index contributed by atoms with van der Waals surface area (Å²) in [4.78, 5) is 30.0. The van der Waals surface area contributed by atoms with Crippen molar-refractivity contribution in [1.29, 1.82) is 0 Å². The molecule has 12 heteroatoms. The molecule has 2 aliphatic rings. The van der Waals surface area contributed by atoms with Crippen molar-refractivity contribution >= 4 is 41.1 Å². The largest absolute Gasteiger partial charge is 0.463 e. The molecule has 1 saturated heterocycles. The Balaban J connectivity index is 1.37. The molecule has 1 aromatic heterocycles. The number of carbonyl (C=O) groups is 2. The Kier molecular flexibility index (Phi) is 5.56. The lowest BCUT2D eigenvalue weighted by Gasteiger charge is -2.40. The summed E-state index contributed by atoms with van der Waals surface area (Å²) in [6.45, 7) is 0.559. The number of rotatable bonds is 4. The van der Waals surface area contributed by atoms with Crippen LogP contribution in [0.15, 0.2) is 23.3 Å². The first kappa shape index (κ1) is 20.5. The van der Waals surface area contributed by atoms with Crippen LogP contribution in [0.2, 0.25) is 4.34 Å². The minimum absolute atomic E-state index is 0.0861. The molecule has 1 N–H and O–H groups in total. The second-order valence-corrected chi connectivity index (χ2v) is 8.27. The van der Waals surface area contributed by atoms with Gasteiger partial charge >= 0.3 is 6.03 Å². The minimum Gasteiger partial charge on any atom is -0.463 e. The molecule has 0 aliphatic carbocycles. The number of urea groups is 1. The van der Waals surface area contributed by atoms with Gasteiger partial charge in [0.1, 0.15) is 22.1 Å². The van der Waals surface area contributed by atoms with Crippen LogP contribution in [0.3, 0.4) is 0 Å². The molecule has 30 heavy (non-hydrogen) atoms. The van der Waals surface area contributed by atoms with E-state index in [1.807, 2.05) is 0 Å². The van der Waals surface area contributed by atoms with Crippen molar-refractivity contribution in [1.82, 2.24) is 20.2 Å². The Morgan fingerprint density at radius 3 is 2.63 bits per heavy atom. The first-order chi connectivity index (χ1) is 14.4. The van der Waals surface area contributed by atoms with Crippen molar-refractivity contribution in [3.8, 4) is 5.19 Å². The summed E-state index contributed by atoms with van der Waals surface area (Å²) in [5, 5.41) is 7.96. The number of likely N-dealkylation sites (tertiary alicyclic amines) is 1. The third-order valence-corrected chi connectivity index (χ3v) is 5.84. The Labute approximate surface area is 179 Å². The number of nitrogens with zero attached hydrogens (tertiary/aromatic N) is 4. The lowest BCUT2D eigenvalue weighted by molar-refractivity contribution is 0.0275. The van der Waals surface area contributed by atoms with Gasteiger partial charge in [-0.3, -0.25) is 4.79 Å². The van der Waals surface area contributed by atoms with Gasteiger partial charge in [0.15, 0.2) is 5.69 Å². The van der Waals surface area contributed by atoms with E-state index >= 15 is 0 Å². The van der Waals surface area contributed by atoms with E-state index in [1.54, 1.807) is 0 Å². The number of amides is 3. The standard InChI is InChI=1S/C18H16ClF2N5O3S/c1-22-16(27)14-15(19)30-17(24-14)29-12-7-25(8-12)18(28)26-13(2-3-23-26)9-4-10(20)6-11(21)5-9/h3-6,12-13H,2,7-8H2,1H3,(H,22,27). The lowest BCUT2D eigenvalue weighted by atomic mass is 10.0. The molecule has 1 fully saturated rings.